The molecule has 0 amide bonds. The second-order valence-corrected chi connectivity index (χ2v) is 11.5. The lowest BCUT2D eigenvalue weighted by Gasteiger charge is -2.37. The summed E-state index contributed by atoms with van der Waals surface area (Å²) in [5.74, 6) is 1.39. The average Bonchev–Trinajstić information content (AvgIpc) is 2.87. The van der Waals surface area contributed by atoms with E-state index in [4.69, 9.17) is 4.74 Å². The summed E-state index contributed by atoms with van der Waals surface area (Å²) in [6.07, 6.45) is 4.70. The van der Waals surface area contributed by atoms with Crippen molar-refractivity contribution in [1.29, 1.82) is 0 Å². The predicted molar refractivity (Wildman–Crippen MR) is 161 cm³/mol. The van der Waals surface area contributed by atoms with E-state index in [9.17, 15) is 5.11 Å². The number of hydrogen-bond acceptors (Lipinski definition) is 3. The summed E-state index contributed by atoms with van der Waals surface area (Å²) in [5.41, 5.74) is 10.5. The molecule has 0 spiro atoms. The maximum atomic E-state index is 9.76. The van der Waals surface area contributed by atoms with Crippen LogP contribution < -0.4 is 5.32 Å². The highest BCUT2D eigenvalue weighted by molar-refractivity contribution is 5.70. The zero-order chi connectivity index (χ0) is 27.4. The molecular weight excluding hydrogens is 466 g/mol. The van der Waals surface area contributed by atoms with Crippen LogP contribution in [0.3, 0.4) is 0 Å². The number of aliphatic hydroxyl groups is 1. The van der Waals surface area contributed by atoms with Crippen LogP contribution in [0.15, 0.2) is 72.5 Å². The van der Waals surface area contributed by atoms with E-state index in [0.29, 0.717) is 17.6 Å². The molecule has 0 aromatic heterocycles. The van der Waals surface area contributed by atoms with Crippen molar-refractivity contribution in [1.82, 2.24) is 0 Å². The number of aliphatic hydroxyl groups excluding tert-OH is 1. The van der Waals surface area contributed by atoms with E-state index in [2.05, 4.69) is 101 Å². The van der Waals surface area contributed by atoms with Gasteiger partial charge in [-0.3, -0.25) is 0 Å². The molecule has 1 heterocycles. The zero-order valence-corrected chi connectivity index (χ0v) is 24.2. The molecular formula is C35H45NO2. The second kappa shape index (κ2) is 12.2. The van der Waals surface area contributed by atoms with Crippen LogP contribution in [0.1, 0.15) is 100 Å². The largest absolute Gasteiger partial charge is 0.513 e. The second-order valence-electron chi connectivity index (χ2n) is 11.5. The first-order valence-corrected chi connectivity index (χ1v) is 14.3. The molecule has 4 unspecified atom stereocenters. The standard InChI is InChI=1S/C35H45NO2/c1-8-27-17-23(4)18-32(35(27)26(7)38-25(6)19-24(5)37)34-21-30(16-22(2)3)31-20-29(14-15-33(31)36-34)28-12-10-9-11-13-28/h9-15,17-20,22,25-26,30,34,36-37H,8,16,21H2,1-7H3/b24-19-. The average molecular weight is 512 g/mol. The molecule has 3 nitrogen and oxygen atoms in total. The van der Waals surface area contributed by atoms with Gasteiger partial charge in [0.25, 0.3) is 0 Å². The van der Waals surface area contributed by atoms with Crippen LogP contribution in [0.25, 0.3) is 11.1 Å². The van der Waals surface area contributed by atoms with Gasteiger partial charge in [0.15, 0.2) is 0 Å². The van der Waals surface area contributed by atoms with Crippen LogP contribution in [-0.2, 0) is 11.2 Å². The normalized spacial score (nSPS) is 19.1. The van der Waals surface area contributed by atoms with Gasteiger partial charge in [0.1, 0.15) is 0 Å². The fourth-order valence-electron chi connectivity index (χ4n) is 6.25. The third-order valence-electron chi connectivity index (χ3n) is 7.70. The summed E-state index contributed by atoms with van der Waals surface area (Å²) in [4.78, 5) is 0. The van der Waals surface area contributed by atoms with E-state index in [1.807, 2.05) is 6.92 Å². The van der Waals surface area contributed by atoms with Gasteiger partial charge in [-0.25, -0.2) is 0 Å². The van der Waals surface area contributed by atoms with Gasteiger partial charge in [0.2, 0.25) is 0 Å². The predicted octanol–water partition coefficient (Wildman–Crippen LogP) is 9.84. The van der Waals surface area contributed by atoms with Crippen LogP contribution in [0.4, 0.5) is 5.69 Å². The van der Waals surface area contributed by atoms with Crippen molar-refractivity contribution in [2.75, 3.05) is 5.32 Å². The van der Waals surface area contributed by atoms with Crippen molar-refractivity contribution in [3.8, 4) is 11.1 Å². The Balaban J connectivity index is 1.75. The smallest absolute Gasteiger partial charge is 0.0877 e. The Hall–Kier alpha value is -3.04. The number of aryl methyl sites for hydroxylation is 2. The Morgan fingerprint density at radius 2 is 1.74 bits per heavy atom. The van der Waals surface area contributed by atoms with Gasteiger partial charge in [-0.15, -0.1) is 0 Å². The number of allylic oxidation sites excluding steroid dienone is 1. The molecule has 4 atom stereocenters. The lowest BCUT2D eigenvalue weighted by Crippen LogP contribution is -2.25. The van der Waals surface area contributed by atoms with Crippen LogP contribution >= 0.6 is 0 Å². The molecule has 4 rings (SSSR count). The van der Waals surface area contributed by atoms with Crippen molar-refractivity contribution >= 4 is 5.69 Å². The molecule has 3 aromatic rings. The number of benzene rings is 3. The van der Waals surface area contributed by atoms with Gasteiger partial charge in [0, 0.05) is 5.69 Å². The van der Waals surface area contributed by atoms with Crippen molar-refractivity contribution in [2.24, 2.45) is 5.92 Å². The fraction of sp³-hybridized carbons (Fsp3) is 0.429. The molecule has 0 bridgehead atoms. The molecule has 1 aliphatic rings. The minimum Gasteiger partial charge on any atom is -0.513 e. The van der Waals surface area contributed by atoms with Crippen LogP contribution in [0, 0.1) is 12.8 Å². The van der Waals surface area contributed by atoms with Gasteiger partial charge < -0.3 is 15.2 Å². The van der Waals surface area contributed by atoms with Crippen molar-refractivity contribution < 1.29 is 9.84 Å². The van der Waals surface area contributed by atoms with Crippen LogP contribution in [0.5, 0.6) is 0 Å². The number of rotatable bonds is 9. The van der Waals surface area contributed by atoms with Crippen molar-refractivity contribution in [3.63, 3.8) is 0 Å². The molecule has 2 N–H and O–H groups in total. The molecule has 0 fully saturated rings. The lowest BCUT2D eigenvalue weighted by molar-refractivity contribution is 0.0307. The molecule has 3 aromatic carbocycles. The van der Waals surface area contributed by atoms with Gasteiger partial charge >= 0.3 is 0 Å². The van der Waals surface area contributed by atoms with Crippen molar-refractivity contribution in [3.05, 3.63) is 100 Å². The van der Waals surface area contributed by atoms with Crippen LogP contribution in [0.2, 0.25) is 0 Å². The molecule has 38 heavy (non-hydrogen) atoms. The highest BCUT2D eigenvalue weighted by Gasteiger charge is 2.31. The lowest BCUT2D eigenvalue weighted by atomic mass is 9.77. The van der Waals surface area contributed by atoms with E-state index in [0.717, 1.165) is 19.3 Å². The van der Waals surface area contributed by atoms with Gasteiger partial charge in [-0.05, 0) is 110 Å². The Bertz CT molecular complexity index is 1260. The van der Waals surface area contributed by atoms with Gasteiger partial charge in [-0.2, -0.15) is 0 Å². The van der Waals surface area contributed by atoms with E-state index in [-0.39, 0.29) is 18.2 Å². The number of anilines is 1. The van der Waals surface area contributed by atoms with Gasteiger partial charge in [0.05, 0.1) is 24.0 Å². The van der Waals surface area contributed by atoms with Crippen molar-refractivity contribution in [2.45, 2.75) is 91.9 Å². The Kier molecular flexibility index (Phi) is 8.99. The summed E-state index contributed by atoms with van der Waals surface area (Å²) >= 11 is 0. The molecule has 1 aliphatic heterocycles. The zero-order valence-electron chi connectivity index (χ0n) is 24.2. The highest BCUT2D eigenvalue weighted by Crippen LogP contribution is 2.46. The fourth-order valence-corrected chi connectivity index (χ4v) is 6.25. The Labute approximate surface area is 230 Å². The Morgan fingerprint density at radius 3 is 2.39 bits per heavy atom. The molecule has 3 heteroatoms. The summed E-state index contributed by atoms with van der Waals surface area (Å²) < 4.78 is 6.42. The van der Waals surface area contributed by atoms with E-state index in [1.54, 1.807) is 13.0 Å². The quantitative estimate of drug-likeness (QED) is 0.281. The molecule has 0 aliphatic carbocycles. The number of hydrogen-bond donors (Lipinski definition) is 2. The topological polar surface area (TPSA) is 41.5 Å². The molecule has 0 saturated carbocycles. The van der Waals surface area contributed by atoms with E-state index >= 15 is 0 Å². The summed E-state index contributed by atoms with van der Waals surface area (Å²) in [7, 11) is 0. The minimum absolute atomic E-state index is 0.0849. The molecule has 202 valence electrons. The molecule has 0 saturated heterocycles. The summed E-state index contributed by atoms with van der Waals surface area (Å²) in [5, 5.41) is 13.7. The Morgan fingerprint density at radius 1 is 1.00 bits per heavy atom. The van der Waals surface area contributed by atoms with Crippen LogP contribution in [-0.4, -0.2) is 11.2 Å². The van der Waals surface area contributed by atoms with E-state index in [1.165, 1.54) is 44.6 Å². The number of nitrogens with one attached hydrogen (secondary N) is 1. The van der Waals surface area contributed by atoms with Gasteiger partial charge in [-0.1, -0.05) is 74.9 Å². The third-order valence-corrected chi connectivity index (χ3v) is 7.70. The maximum Gasteiger partial charge on any atom is 0.0877 e. The first-order chi connectivity index (χ1) is 18.2. The van der Waals surface area contributed by atoms with E-state index < -0.39 is 0 Å². The molecule has 0 radical (unpaired) electrons. The third kappa shape index (κ3) is 6.50. The monoisotopic (exact) mass is 511 g/mol. The summed E-state index contributed by atoms with van der Waals surface area (Å²) in [6.45, 7) is 14.9. The number of fused-ring (bicyclic) bond motifs is 1. The maximum absolute atomic E-state index is 9.76. The first kappa shape index (κ1) is 28.0. The number of ether oxygens (including phenoxy) is 1. The minimum atomic E-state index is -0.168. The SMILES string of the molecule is CCc1cc(C)cc(C2CC(CC(C)C)c3cc(-c4ccccc4)ccc3N2)c1C(C)OC(C)/C=C(/C)O. The first-order valence-electron chi connectivity index (χ1n) is 14.3. The summed E-state index contributed by atoms with van der Waals surface area (Å²) in [6, 6.07) is 22.5. The highest BCUT2D eigenvalue weighted by atomic mass is 16.5.